The first kappa shape index (κ1) is 35.8. The van der Waals surface area contributed by atoms with Crippen molar-refractivity contribution in [3.8, 4) is 22.6 Å². The van der Waals surface area contributed by atoms with Crippen molar-refractivity contribution in [1.29, 1.82) is 0 Å². The second-order valence-electron chi connectivity index (χ2n) is 11.2. The minimum absolute atomic E-state index is 0.0799. The van der Waals surface area contributed by atoms with Crippen LogP contribution in [0.2, 0.25) is 0 Å². The van der Waals surface area contributed by atoms with Crippen LogP contribution in [0.4, 0.5) is 34.1 Å². The summed E-state index contributed by atoms with van der Waals surface area (Å²) in [4.78, 5) is -2.21. The summed E-state index contributed by atoms with van der Waals surface area (Å²) < 4.78 is 101. The van der Waals surface area contributed by atoms with Gasteiger partial charge in [-0.3, -0.25) is 13.7 Å². The summed E-state index contributed by atoms with van der Waals surface area (Å²) in [5.41, 5.74) is 12.3. The summed E-state index contributed by atoms with van der Waals surface area (Å²) in [6, 6.07) is 20.8. The molecule has 0 saturated carbocycles. The van der Waals surface area contributed by atoms with Crippen molar-refractivity contribution in [2.75, 3.05) is 11.5 Å². The molecule has 0 amide bonds. The molecule has 0 aliphatic heterocycles. The number of nitrogen functional groups attached to an aromatic ring is 2. The third-order valence-electron chi connectivity index (χ3n) is 7.66. The van der Waals surface area contributed by atoms with E-state index in [-0.39, 0.29) is 38.6 Å². The van der Waals surface area contributed by atoms with Gasteiger partial charge in [0.05, 0.1) is 16.3 Å². The third-order valence-corrected chi connectivity index (χ3v) is 10.3. The van der Waals surface area contributed by atoms with E-state index in [1.54, 1.807) is 36.4 Å². The van der Waals surface area contributed by atoms with Crippen molar-refractivity contribution < 1.29 is 49.1 Å². The number of anilines is 2. The summed E-state index contributed by atoms with van der Waals surface area (Å²) in [6.45, 7) is 0. The quantitative estimate of drug-likeness (QED) is 0.0476. The van der Waals surface area contributed by atoms with Gasteiger partial charge in [0.25, 0.3) is 30.4 Å². The van der Waals surface area contributed by atoms with Crippen molar-refractivity contribution in [1.82, 2.24) is 0 Å². The van der Waals surface area contributed by atoms with Gasteiger partial charge in [0.15, 0.2) is 5.75 Å². The molecule has 0 aliphatic rings. The highest BCUT2D eigenvalue weighted by Gasteiger charge is 2.26. The molecule has 266 valence electrons. The molecule has 9 N–H and O–H groups in total. The molecule has 0 atom stereocenters. The standard InChI is InChI=1S/C32H24N6O11S3/c33-20-5-10-24-18(11-20)13-26(39)29(32(24)52(47,48)49)37-35-21-6-1-16(2-7-21)17-3-8-22(9-4-17)36-38-30-27(51(44,45)46)14-19-12-23(50(41,42)43)15-25(34)28(19)31(30)40/h1-15,39-40H,33-34H2,(H,41,42,43)(H,44,45,46)(H,47,48,49). The summed E-state index contributed by atoms with van der Waals surface area (Å²) in [6.07, 6.45) is 0. The maximum atomic E-state index is 12.2. The first-order chi connectivity index (χ1) is 24.3. The molecule has 6 rings (SSSR count). The first-order valence-electron chi connectivity index (χ1n) is 14.4. The zero-order chi connectivity index (χ0) is 37.7. The predicted molar refractivity (Wildman–Crippen MR) is 190 cm³/mol. The number of rotatable bonds is 8. The second-order valence-corrected chi connectivity index (χ2v) is 15.3. The van der Waals surface area contributed by atoms with Crippen molar-refractivity contribution >= 4 is 86.0 Å². The number of azo groups is 2. The Kier molecular flexibility index (Phi) is 8.90. The van der Waals surface area contributed by atoms with E-state index >= 15 is 0 Å². The van der Waals surface area contributed by atoms with Crippen LogP contribution in [0, 0.1) is 0 Å². The number of hydrogen-bond donors (Lipinski definition) is 7. The molecule has 0 spiro atoms. The van der Waals surface area contributed by atoms with Crippen molar-refractivity contribution in [3.05, 3.63) is 91.0 Å². The number of nitrogens with two attached hydrogens (primary N) is 2. The van der Waals surface area contributed by atoms with Crippen LogP contribution in [0.5, 0.6) is 11.5 Å². The summed E-state index contributed by atoms with van der Waals surface area (Å²) in [5, 5.41) is 37.0. The fourth-order valence-electron chi connectivity index (χ4n) is 5.31. The Labute approximate surface area is 294 Å². The van der Waals surface area contributed by atoms with E-state index < -0.39 is 67.9 Å². The van der Waals surface area contributed by atoms with E-state index in [2.05, 4.69) is 20.5 Å². The molecule has 17 nitrogen and oxygen atoms in total. The van der Waals surface area contributed by atoms with Crippen LogP contribution in [0.15, 0.2) is 126 Å². The Morgan fingerprint density at radius 3 is 1.62 bits per heavy atom. The zero-order valence-corrected chi connectivity index (χ0v) is 28.5. The summed E-state index contributed by atoms with van der Waals surface area (Å²) in [5.74, 6) is -1.37. The fourth-order valence-corrected chi connectivity index (χ4v) is 7.38. The fraction of sp³-hybridized carbons (Fsp3) is 0. The van der Waals surface area contributed by atoms with Gasteiger partial charge in [-0.25, -0.2) is 0 Å². The smallest absolute Gasteiger partial charge is 0.297 e. The molecule has 0 aliphatic carbocycles. The zero-order valence-electron chi connectivity index (χ0n) is 26.0. The van der Waals surface area contributed by atoms with E-state index in [1.165, 1.54) is 36.4 Å². The molecule has 0 heterocycles. The molecule has 6 aromatic rings. The van der Waals surface area contributed by atoms with Gasteiger partial charge < -0.3 is 21.7 Å². The van der Waals surface area contributed by atoms with Crippen LogP contribution >= 0.6 is 0 Å². The van der Waals surface area contributed by atoms with Gasteiger partial charge in [-0.2, -0.15) is 35.5 Å². The minimum Gasteiger partial charge on any atom is -0.506 e. The molecule has 0 fully saturated rings. The number of hydrogen-bond acceptors (Lipinski definition) is 14. The molecule has 6 aromatic carbocycles. The number of benzene rings is 6. The third kappa shape index (κ3) is 7.10. The van der Waals surface area contributed by atoms with E-state index in [1.807, 2.05) is 0 Å². The van der Waals surface area contributed by atoms with Gasteiger partial charge >= 0.3 is 0 Å². The lowest BCUT2D eigenvalue weighted by atomic mass is 10.1. The van der Waals surface area contributed by atoms with Crippen LogP contribution in [-0.4, -0.2) is 49.1 Å². The van der Waals surface area contributed by atoms with E-state index in [0.29, 0.717) is 16.8 Å². The highest BCUT2D eigenvalue weighted by atomic mass is 32.2. The van der Waals surface area contributed by atoms with Crippen molar-refractivity contribution in [2.24, 2.45) is 20.5 Å². The van der Waals surface area contributed by atoms with Gasteiger partial charge in [0.2, 0.25) is 0 Å². The Balaban J connectivity index is 1.27. The monoisotopic (exact) mass is 764 g/mol. The topological polar surface area (TPSA) is 305 Å². The maximum Gasteiger partial charge on any atom is 0.297 e. The second kappa shape index (κ2) is 12.9. The molecule has 0 bridgehead atoms. The van der Waals surface area contributed by atoms with Gasteiger partial charge in [-0.1, -0.05) is 30.3 Å². The molecule has 0 radical (unpaired) electrons. The maximum absolute atomic E-state index is 12.2. The van der Waals surface area contributed by atoms with Gasteiger partial charge in [-0.15, -0.1) is 10.2 Å². The molecular weight excluding hydrogens is 741 g/mol. The van der Waals surface area contributed by atoms with E-state index in [0.717, 1.165) is 18.2 Å². The normalized spacial score (nSPS) is 12.8. The molecule has 52 heavy (non-hydrogen) atoms. The lowest BCUT2D eigenvalue weighted by molar-refractivity contribution is 0.469. The van der Waals surface area contributed by atoms with Crippen LogP contribution < -0.4 is 11.5 Å². The lowest BCUT2D eigenvalue weighted by Gasteiger charge is -2.12. The van der Waals surface area contributed by atoms with Crippen LogP contribution in [0.3, 0.4) is 0 Å². The van der Waals surface area contributed by atoms with Crippen LogP contribution in [0.25, 0.3) is 32.7 Å². The average Bonchev–Trinajstić information content (AvgIpc) is 3.05. The molecule has 0 saturated heterocycles. The van der Waals surface area contributed by atoms with Gasteiger partial charge in [0, 0.05) is 22.1 Å². The Morgan fingerprint density at radius 2 is 1.10 bits per heavy atom. The molecule has 0 aromatic heterocycles. The highest BCUT2D eigenvalue weighted by molar-refractivity contribution is 7.86. The number of fused-ring (bicyclic) bond motifs is 2. The van der Waals surface area contributed by atoms with Crippen LogP contribution in [-0.2, 0) is 30.4 Å². The van der Waals surface area contributed by atoms with Crippen molar-refractivity contribution in [3.63, 3.8) is 0 Å². The Morgan fingerprint density at radius 1 is 0.538 bits per heavy atom. The number of nitrogens with zero attached hydrogens (tertiary/aromatic N) is 4. The van der Waals surface area contributed by atoms with Crippen LogP contribution in [0.1, 0.15) is 0 Å². The minimum atomic E-state index is -5.04. The molecule has 20 heteroatoms. The number of phenols is 2. The Bertz CT molecular complexity index is 2850. The lowest BCUT2D eigenvalue weighted by Crippen LogP contribution is -2.02. The van der Waals surface area contributed by atoms with Gasteiger partial charge in [0.1, 0.15) is 26.9 Å². The Hall–Kier alpha value is -6.03. The SMILES string of the molecule is Nc1ccc2c(S(=O)(=O)O)c(N=Nc3ccc(-c4ccc(N=Nc5c(S(=O)(=O)O)cc6cc(S(=O)(=O)O)cc(N)c6c5O)cc4)cc3)c(O)cc2c1. The van der Waals surface area contributed by atoms with Crippen molar-refractivity contribution in [2.45, 2.75) is 14.7 Å². The van der Waals surface area contributed by atoms with E-state index in [4.69, 9.17) is 11.5 Å². The first-order valence-corrected chi connectivity index (χ1v) is 18.7. The molecular formula is C32H24N6O11S3. The average molecular weight is 765 g/mol. The largest absolute Gasteiger partial charge is 0.506 e. The summed E-state index contributed by atoms with van der Waals surface area (Å²) >= 11 is 0. The predicted octanol–water partition coefficient (Wildman–Crippen LogP) is 6.81. The van der Waals surface area contributed by atoms with Gasteiger partial charge in [-0.05, 0) is 82.6 Å². The van der Waals surface area contributed by atoms with E-state index in [9.17, 15) is 49.1 Å². The number of phenolic OH excluding ortho intramolecular Hbond substituents is 2. The summed E-state index contributed by atoms with van der Waals surface area (Å²) in [7, 11) is -14.6. The highest BCUT2D eigenvalue weighted by Crippen LogP contribution is 2.45. The molecule has 0 unspecified atom stereocenters. The number of aromatic hydroxyl groups is 2.